The first-order chi connectivity index (χ1) is 15.5. The molecule has 0 radical (unpaired) electrons. The van der Waals surface area contributed by atoms with Gasteiger partial charge < -0.3 is 9.84 Å². The number of nitriles is 1. The summed E-state index contributed by atoms with van der Waals surface area (Å²) in [4.78, 5) is 16.4. The lowest BCUT2D eigenvalue weighted by Gasteiger charge is -2.13. The number of rotatable bonds is 6. The second-order valence-electron chi connectivity index (χ2n) is 8.46. The minimum absolute atomic E-state index is 0.0866. The third-order valence-corrected chi connectivity index (χ3v) is 6.08. The fourth-order valence-corrected chi connectivity index (χ4v) is 4.48. The van der Waals surface area contributed by atoms with Crippen molar-refractivity contribution in [1.82, 2.24) is 0 Å². The molecule has 5 rings (SSSR count). The molecule has 3 aromatic carbocycles. The SMILES string of the molecule is CC(C)c1ccc(Oc2ccc3c4c(cc(CCCO)cc24)C2=C(C#N)C(=O)N=C23)cc1. The van der Waals surface area contributed by atoms with Crippen LogP contribution in [0.25, 0.3) is 16.3 Å². The molecule has 5 heteroatoms. The first-order valence-corrected chi connectivity index (χ1v) is 10.8. The highest BCUT2D eigenvalue weighted by Gasteiger charge is 2.36. The maximum atomic E-state index is 12.3. The van der Waals surface area contributed by atoms with Crippen LogP contribution < -0.4 is 4.74 Å². The number of aliphatic imine (C=N–C) groups is 1. The quantitative estimate of drug-likeness (QED) is 0.584. The molecule has 1 N–H and O–H groups in total. The molecule has 0 bridgehead atoms. The number of carbonyl (C=O) groups is 1. The number of amides is 1. The zero-order valence-electron chi connectivity index (χ0n) is 18.0. The van der Waals surface area contributed by atoms with Crippen molar-refractivity contribution < 1.29 is 14.6 Å². The van der Waals surface area contributed by atoms with Crippen LogP contribution >= 0.6 is 0 Å². The molecular formula is C27H22N2O3. The van der Waals surface area contributed by atoms with Crippen LogP contribution in [0, 0.1) is 11.3 Å². The highest BCUT2D eigenvalue weighted by molar-refractivity contribution is 6.50. The van der Waals surface area contributed by atoms with E-state index in [4.69, 9.17) is 4.74 Å². The van der Waals surface area contributed by atoms with Crippen LogP contribution in [0.5, 0.6) is 11.5 Å². The van der Waals surface area contributed by atoms with Gasteiger partial charge in [-0.2, -0.15) is 5.26 Å². The van der Waals surface area contributed by atoms with Gasteiger partial charge in [0.15, 0.2) is 0 Å². The zero-order valence-corrected chi connectivity index (χ0v) is 18.0. The number of aryl methyl sites for hydroxylation is 1. The number of ether oxygens (including phenoxy) is 1. The first-order valence-electron chi connectivity index (χ1n) is 10.8. The Bertz CT molecular complexity index is 1370. The molecule has 3 aromatic rings. The van der Waals surface area contributed by atoms with Gasteiger partial charge in [-0.15, -0.1) is 0 Å². The van der Waals surface area contributed by atoms with Gasteiger partial charge in [-0.25, -0.2) is 4.99 Å². The molecule has 0 saturated heterocycles. The molecule has 1 heterocycles. The lowest BCUT2D eigenvalue weighted by molar-refractivity contribution is -0.113. The molecule has 2 aliphatic rings. The third kappa shape index (κ3) is 3.12. The summed E-state index contributed by atoms with van der Waals surface area (Å²) >= 11 is 0. The van der Waals surface area contributed by atoms with Gasteiger partial charge >= 0.3 is 0 Å². The predicted octanol–water partition coefficient (Wildman–Crippen LogP) is 5.30. The van der Waals surface area contributed by atoms with Gasteiger partial charge in [-0.1, -0.05) is 32.0 Å². The van der Waals surface area contributed by atoms with Crippen LogP contribution in [0.2, 0.25) is 0 Å². The molecular weight excluding hydrogens is 400 g/mol. The number of hydrogen-bond donors (Lipinski definition) is 1. The molecule has 158 valence electrons. The van der Waals surface area contributed by atoms with Gasteiger partial charge in [0.25, 0.3) is 5.91 Å². The molecule has 1 aliphatic heterocycles. The average molecular weight is 422 g/mol. The van der Waals surface area contributed by atoms with E-state index in [0.717, 1.165) is 33.2 Å². The molecule has 0 fully saturated rings. The van der Waals surface area contributed by atoms with Crippen LogP contribution in [0.15, 0.2) is 59.1 Å². The number of hydrogen-bond acceptors (Lipinski definition) is 4. The van der Waals surface area contributed by atoms with E-state index in [-0.39, 0.29) is 12.2 Å². The van der Waals surface area contributed by atoms with E-state index in [2.05, 4.69) is 37.0 Å². The highest BCUT2D eigenvalue weighted by atomic mass is 16.5. The van der Waals surface area contributed by atoms with Crippen LogP contribution in [0.1, 0.15) is 48.4 Å². The summed E-state index contributed by atoms with van der Waals surface area (Å²) in [5, 5.41) is 20.8. The van der Waals surface area contributed by atoms with E-state index in [1.807, 2.05) is 36.4 Å². The lowest BCUT2D eigenvalue weighted by Crippen LogP contribution is -1.96. The maximum Gasteiger partial charge on any atom is 0.288 e. The maximum absolute atomic E-state index is 12.3. The van der Waals surface area contributed by atoms with Crippen molar-refractivity contribution in [2.45, 2.75) is 32.6 Å². The van der Waals surface area contributed by atoms with E-state index in [1.54, 1.807) is 0 Å². The Kier molecular flexibility index (Phi) is 4.88. The Balaban J connectivity index is 1.68. The van der Waals surface area contributed by atoms with Gasteiger partial charge in [0.2, 0.25) is 0 Å². The van der Waals surface area contributed by atoms with Gasteiger partial charge in [0, 0.05) is 28.5 Å². The van der Waals surface area contributed by atoms with Crippen molar-refractivity contribution >= 4 is 28.0 Å². The van der Waals surface area contributed by atoms with E-state index in [9.17, 15) is 15.2 Å². The van der Waals surface area contributed by atoms with Gasteiger partial charge in [-0.05, 0) is 65.8 Å². The fraction of sp³-hybridized carbons (Fsp3) is 0.222. The number of nitrogens with zero attached hydrogens (tertiary/aromatic N) is 2. The number of allylic oxidation sites excluding steroid dienone is 1. The third-order valence-electron chi connectivity index (χ3n) is 6.08. The fourth-order valence-electron chi connectivity index (χ4n) is 4.48. The van der Waals surface area contributed by atoms with Crippen molar-refractivity contribution in [2.24, 2.45) is 4.99 Å². The molecule has 32 heavy (non-hydrogen) atoms. The summed E-state index contributed by atoms with van der Waals surface area (Å²) in [6.07, 6.45) is 1.31. The van der Waals surface area contributed by atoms with Crippen LogP contribution in [-0.4, -0.2) is 23.3 Å². The van der Waals surface area contributed by atoms with Crippen molar-refractivity contribution in [1.29, 1.82) is 5.26 Å². The molecule has 0 unspecified atom stereocenters. The van der Waals surface area contributed by atoms with Gasteiger partial charge in [-0.3, -0.25) is 4.79 Å². The summed E-state index contributed by atoms with van der Waals surface area (Å²) in [6, 6.07) is 18.0. The van der Waals surface area contributed by atoms with Crippen molar-refractivity contribution in [3.63, 3.8) is 0 Å². The molecule has 5 nitrogen and oxygen atoms in total. The normalized spacial score (nSPS) is 14.2. The first kappa shape index (κ1) is 20.2. The lowest BCUT2D eigenvalue weighted by atomic mass is 9.96. The summed E-state index contributed by atoms with van der Waals surface area (Å²) in [6.45, 7) is 4.40. The van der Waals surface area contributed by atoms with Crippen LogP contribution in [0.4, 0.5) is 0 Å². The Hall–Kier alpha value is -3.75. The summed E-state index contributed by atoms with van der Waals surface area (Å²) in [5.41, 5.74) is 5.22. The predicted molar refractivity (Wildman–Crippen MR) is 124 cm³/mol. The molecule has 0 saturated carbocycles. The number of aliphatic hydroxyl groups excluding tert-OH is 1. The van der Waals surface area contributed by atoms with Gasteiger partial charge in [0.1, 0.15) is 23.1 Å². The van der Waals surface area contributed by atoms with Crippen LogP contribution in [0.3, 0.4) is 0 Å². The second-order valence-corrected chi connectivity index (χ2v) is 8.46. The summed E-state index contributed by atoms with van der Waals surface area (Å²) in [5.74, 6) is 1.41. The number of aliphatic hydroxyl groups is 1. The molecule has 0 atom stereocenters. The Morgan fingerprint density at radius 3 is 2.56 bits per heavy atom. The zero-order chi connectivity index (χ0) is 22.4. The summed E-state index contributed by atoms with van der Waals surface area (Å²) < 4.78 is 6.28. The second kappa shape index (κ2) is 7.74. The average Bonchev–Trinajstić information content (AvgIpc) is 3.28. The number of carbonyl (C=O) groups excluding carboxylic acids is 1. The van der Waals surface area contributed by atoms with E-state index in [1.165, 1.54) is 5.56 Å². The van der Waals surface area contributed by atoms with E-state index < -0.39 is 5.91 Å². The topological polar surface area (TPSA) is 82.7 Å². The molecule has 0 aromatic heterocycles. The summed E-state index contributed by atoms with van der Waals surface area (Å²) in [7, 11) is 0. The number of benzene rings is 3. The molecule has 1 amide bonds. The largest absolute Gasteiger partial charge is 0.457 e. The minimum atomic E-state index is -0.484. The minimum Gasteiger partial charge on any atom is -0.457 e. The van der Waals surface area contributed by atoms with Crippen molar-refractivity contribution in [2.75, 3.05) is 6.61 Å². The number of fused-ring (bicyclic) bond motifs is 3. The Morgan fingerprint density at radius 2 is 1.88 bits per heavy atom. The van der Waals surface area contributed by atoms with Crippen molar-refractivity contribution in [3.8, 4) is 17.6 Å². The van der Waals surface area contributed by atoms with Gasteiger partial charge in [0.05, 0.1) is 5.71 Å². The van der Waals surface area contributed by atoms with E-state index in [0.29, 0.717) is 35.8 Å². The standard InChI is InChI=1S/C27H22N2O3/c1-15(2)17-5-7-18(8-6-17)32-23-10-9-19-24-20(23)12-16(4-3-11-30)13-21(24)25-22(14-28)27(31)29-26(19)25/h5-10,12-13,15,30H,3-4,11H2,1-2H3. The molecule has 0 spiro atoms. The van der Waals surface area contributed by atoms with Crippen molar-refractivity contribution in [3.05, 3.63) is 76.4 Å². The highest BCUT2D eigenvalue weighted by Crippen LogP contribution is 2.46. The van der Waals surface area contributed by atoms with E-state index >= 15 is 0 Å². The van der Waals surface area contributed by atoms with Crippen LogP contribution in [-0.2, 0) is 11.2 Å². The smallest absolute Gasteiger partial charge is 0.288 e. The molecule has 1 aliphatic carbocycles. The Labute approximate surface area is 186 Å². The Morgan fingerprint density at radius 1 is 1.09 bits per heavy atom. The monoisotopic (exact) mass is 422 g/mol.